The van der Waals surface area contributed by atoms with E-state index in [1.54, 1.807) is 6.07 Å². The van der Waals surface area contributed by atoms with Crippen molar-refractivity contribution >= 4 is 23.3 Å². The number of aromatic nitrogens is 1. The SMILES string of the molecule is CC(CNC(=O)c1cnc(N)c(Cl)c1)CN1CCCC1. The Morgan fingerprint density at radius 3 is 2.90 bits per heavy atom. The molecule has 0 spiro atoms. The van der Waals surface area contributed by atoms with Gasteiger partial charge in [0.15, 0.2) is 0 Å². The standard InChI is InChI=1S/C14H21ClN4O/c1-10(9-19-4-2-3-5-19)7-18-14(20)11-6-12(15)13(16)17-8-11/h6,8,10H,2-5,7,9H2,1H3,(H2,16,17)(H,18,20). The minimum atomic E-state index is -0.160. The lowest BCUT2D eigenvalue weighted by atomic mass is 10.1. The summed E-state index contributed by atoms with van der Waals surface area (Å²) in [5, 5.41) is 3.22. The van der Waals surface area contributed by atoms with Crippen molar-refractivity contribution in [3.8, 4) is 0 Å². The molecule has 0 saturated carbocycles. The maximum atomic E-state index is 12.0. The number of halogens is 1. The predicted octanol–water partition coefficient (Wildman–Crippen LogP) is 1.78. The Hall–Kier alpha value is -1.33. The van der Waals surface area contributed by atoms with E-state index in [4.69, 9.17) is 17.3 Å². The number of hydrogen-bond donors (Lipinski definition) is 2. The molecule has 1 aliphatic rings. The van der Waals surface area contributed by atoms with E-state index in [2.05, 4.69) is 22.1 Å². The van der Waals surface area contributed by atoms with E-state index >= 15 is 0 Å². The van der Waals surface area contributed by atoms with Gasteiger partial charge in [-0.2, -0.15) is 0 Å². The molecule has 20 heavy (non-hydrogen) atoms. The minimum Gasteiger partial charge on any atom is -0.382 e. The number of nitrogen functional groups attached to an aromatic ring is 1. The first-order valence-electron chi connectivity index (χ1n) is 6.98. The van der Waals surface area contributed by atoms with Gasteiger partial charge in [0.25, 0.3) is 5.91 Å². The molecular formula is C14H21ClN4O. The average molecular weight is 297 g/mol. The van der Waals surface area contributed by atoms with Crippen LogP contribution in [0.5, 0.6) is 0 Å². The number of nitrogens with zero attached hydrogens (tertiary/aromatic N) is 2. The van der Waals surface area contributed by atoms with Crippen LogP contribution in [0.1, 0.15) is 30.1 Å². The van der Waals surface area contributed by atoms with Crippen LogP contribution in [0, 0.1) is 5.92 Å². The Bertz CT molecular complexity index is 474. The lowest BCUT2D eigenvalue weighted by molar-refractivity contribution is 0.0945. The van der Waals surface area contributed by atoms with Crippen LogP contribution in [0.2, 0.25) is 5.02 Å². The van der Waals surface area contributed by atoms with Gasteiger partial charge in [0.2, 0.25) is 0 Å². The number of hydrogen-bond acceptors (Lipinski definition) is 4. The van der Waals surface area contributed by atoms with Gasteiger partial charge in [-0.3, -0.25) is 4.79 Å². The summed E-state index contributed by atoms with van der Waals surface area (Å²) in [6, 6.07) is 1.55. The minimum absolute atomic E-state index is 0.160. The number of nitrogens with one attached hydrogen (secondary N) is 1. The molecule has 0 radical (unpaired) electrons. The van der Waals surface area contributed by atoms with E-state index < -0.39 is 0 Å². The fourth-order valence-electron chi connectivity index (χ4n) is 2.41. The molecule has 110 valence electrons. The Kier molecular flexibility index (Phi) is 5.20. The monoisotopic (exact) mass is 296 g/mol. The van der Waals surface area contributed by atoms with Crippen LogP contribution in [0.3, 0.4) is 0 Å². The first kappa shape index (κ1) is 15.1. The summed E-state index contributed by atoms with van der Waals surface area (Å²) >= 11 is 5.86. The van der Waals surface area contributed by atoms with Gasteiger partial charge in [-0.05, 0) is 37.9 Å². The van der Waals surface area contributed by atoms with Gasteiger partial charge in [-0.25, -0.2) is 4.98 Å². The molecule has 1 amide bonds. The number of carbonyl (C=O) groups excluding carboxylic acids is 1. The molecule has 0 aliphatic carbocycles. The summed E-state index contributed by atoms with van der Waals surface area (Å²) in [6.07, 6.45) is 4.02. The number of pyridine rings is 1. The maximum Gasteiger partial charge on any atom is 0.252 e. The van der Waals surface area contributed by atoms with Crippen LogP contribution >= 0.6 is 11.6 Å². The second-order valence-corrected chi connectivity index (χ2v) is 5.82. The van der Waals surface area contributed by atoms with Crippen molar-refractivity contribution in [3.05, 3.63) is 22.8 Å². The molecule has 0 bridgehead atoms. The van der Waals surface area contributed by atoms with Crippen molar-refractivity contribution in [2.24, 2.45) is 5.92 Å². The molecule has 1 unspecified atom stereocenters. The molecule has 1 aliphatic heterocycles. The Morgan fingerprint density at radius 2 is 2.25 bits per heavy atom. The first-order valence-corrected chi connectivity index (χ1v) is 7.35. The third-order valence-electron chi connectivity index (χ3n) is 3.51. The molecule has 5 nitrogen and oxygen atoms in total. The molecule has 6 heteroatoms. The molecule has 1 atom stereocenters. The summed E-state index contributed by atoms with van der Waals surface area (Å²) in [5.41, 5.74) is 5.96. The number of carbonyl (C=O) groups is 1. The van der Waals surface area contributed by atoms with Crippen molar-refractivity contribution in [1.82, 2.24) is 15.2 Å². The van der Waals surface area contributed by atoms with E-state index in [0.29, 0.717) is 23.0 Å². The van der Waals surface area contributed by atoms with Gasteiger partial charge in [-0.15, -0.1) is 0 Å². The second kappa shape index (κ2) is 6.90. The zero-order valence-corrected chi connectivity index (χ0v) is 12.5. The van der Waals surface area contributed by atoms with Gasteiger partial charge < -0.3 is 16.0 Å². The van der Waals surface area contributed by atoms with Crippen LogP contribution < -0.4 is 11.1 Å². The van der Waals surface area contributed by atoms with Crippen LogP contribution in [0.25, 0.3) is 0 Å². The summed E-state index contributed by atoms with van der Waals surface area (Å²) < 4.78 is 0. The van der Waals surface area contributed by atoms with Crippen molar-refractivity contribution in [3.63, 3.8) is 0 Å². The summed E-state index contributed by atoms with van der Waals surface area (Å²) in [4.78, 5) is 18.3. The van der Waals surface area contributed by atoms with Gasteiger partial charge >= 0.3 is 0 Å². The smallest absolute Gasteiger partial charge is 0.252 e. The average Bonchev–Trinajstić information content (AvgIpc) is 2.92. The second-order valence-electron chi connectivity index (χ2n) is 5.41. The fourth-order valence-corrected chi connectivity index (χ4v) is 2.58. The normalized spacial score (nSPS) is 17.1. The Balaban J connectivity index is 1.80. The van der Waals surface area contributed by atoms with Crippen molar-refractivity contribution in [2.75, 3.05) is 31.9 Å². The molecule has 0 aromatic carbocycles. The Labute approximate surface area is 124 Å². The van der Waals surface area contributed by atoms with Crippen LogP contribution in [0.4, 0.5) is 5.82 Å². The highest BCUT2D eigenvalue weighted by molar-refractivity contribution is 6.33. The number of anilines is 1. The fraction of sp³-hybridized carbons (Fsp3) is 0.571. The lowest BCUT2D eigenvalue weighted by Crippen LogP contribution is -2.34. The first-order chi connectivity index (χ1) is 9.56. The summed E-state index contributed by atoms with van der Waals surface area (Å²) in [7, 11) is 0. The van der Waals surface area contributed by atoms with E-state index in [0.717, 1.165) is 6.54 Å². The van der Waals surface area contributed by atoms with Crippen LogP contribution in [0.15, 0.2) is 12.3 Å². The molecular weight excluding hydrogens is 276 g/mol. The van der Waals surface area contributed by atoms with Gasteiger partial charge in [0, 0.05) is 19.3 Å². The van der Waals surface area contributed by atoms with E-state index in [1.165, 1.54) is 32.1 Å². The highest BCUT2D eigenvalue weighted by Gasteiger charge is 2.15. The molecule has 2 heterocycles. The molecule has 2 rings (SSSR count). The third kappa shape index (κ3) is 4.08. The molecule has 3 N–H and O–H groups in total. The highest BCUT2D eigenvalue weighted by Crippen LogP contribution is 2.16. The highest BCUT2D eigenvalue weighted by atomic mass is 35.5. The Morgan fingerprint density at radius 1 is 1.55 bits per heavy atom. The van der Waals surface area contributed by atoms with E-state index in [9.17, 15) is 4.79 Å². The quantitative estimate of drug-likeness (QED) is 0.869. The maximum absolute atomic E-state index is 12.0. The van der Waals surface area contributed by atoms with Gasteiger partial charge in [0.1, 0.15) is 5.82 Å². The third-order valence-corrected chi connectivity index (χ3v) is 3.81. The van der Waals surface area contributed by atoms with Crippen LogP contribution in [-0.4, -0.2) is 42.0 Å². The molecule has 1 aromatic rings. The predicted molar refractivity (Wildman–Crippen MR) is 80.8 cm³/mol. The largest absolute Gasteiger partial charge is 0.382 e. The van der Waals surface area contributed by atoms with Crippen LogP contribution in [-0.2, 0) is 0 Å². The summed E-state index contributed by atoms with van der Waals surface area (Å²) in [6.45, 7) is 6.18. The topological polar surface area (TPSA) is 71.2 Å². The zero-order valence-electron chi connectivity index (χ0n) is 11.7. The van der Waals surface area contributed by atoms with Crippen molar-refractivity contribution < 1.29 is 4.79 Å². The van der Waals surface area contributed by atoms with Crippen molar-refractivity contribution in [1.29, 1.82) is 0 Å². The molecule has 1 saturated heterocycles. The number of nitrogens with two attached hydrogens (primary N) is 1. The zero-order chi connectivity index (χ0) is 14.5. The van der Waals surface area contributed by atoms with E-state index in [1.807, 2.05) is 0 Å². The van der Waals surface area contributed by atoms with E-state index in [-0.39, 0.29) is 11.7 Å². The molecule has 1 fully saturated rings. The number of rotatable bonds is 5. The van der Waals surface area contributed by atoms with Gasteiger partial charge in [0.05, 0.1) is 10.6 Å². The van der Waals surface area contributed by atoms with Crippen molar-refractivity contribution in [2.45, 2.75) is 19.8 Å². The van der Waals surface area contributed by atoms with Gasteiger partial charge in [-0.1, -0.05) is 18.5 Å². The number of amides is 1. The molecule has 1 aromatic heterocycles. The number of likely N-dealkylation sites (tertiary alicyclic amines) is 1. The lowest BCUT2D eigenvalue weighted by Gasteiger charge is -2.20. The summed E-state index contributed by atoms with van der Waals surface area (Å²) in [5.74, 6) is 0.507.